The molecule has 0 spiro atoms. The molecule has 0 aliphatic carbocycles. The number of rotatable bonds is 3. The number of carbonyl (C=O) groups is 1. The second kappa shape index (κ2) is 4.37. The van der Waals surface area contributed by atoms with Gasteiger partial charge in [-0.2, -0.15) is 5.21 Å². The summed E-state index contributed by atoms with van der Waals surface area (Å²) in [5.41, 5.74) is 2.43. The van der Waals surface area contributed by atoms with Gasteiger partial charge in [-0.25, -0.2) is 5.84 Å². The average Bonchev–Trinajstić information content (AvgIpc) is 2.28. The first kappa shape index (κ1) is 11.6. The van der Waals surface area contributed by atoms with E-state index in [2.05, 4.69) is 0 Å². The number of amides is 1. The summed E-state index contributed by atoms with van der Waals surface area (Å²) in [5, 5.41) is 20.4. The second-order valence-electron chi connectivity index (χ2n) is 3.17. The molecule has 1 amide bonds. The van der Waals surface area contributed by atoms with Gasteiger partial charge in [-0.05, 0) is 11.7 Å². The molecule has 0 bridgehead atoms. The number of benzene rings is 1. The maximum atomic E-state index is 10.7. The fourth-order valence-electron chi connectivity index (χ4n) is 1.27. The summed E-state index contributed by atoms with van der Waals surface area (Å²) in [6.45, 7) is 1.52. The quantitative estimate of drug-likeness (QED) is 0.275. The third kappa shape index (κ3) is 2.13. The minimum absolute atomic E-state index is 0.627. The fraction of sp³-hybridized carbons (Fsp3) is 0.222. The predicted molar refractivity (Wildman–Crippen MR) is 49.6 cm³/mol. The first-order valence-corrected chi connectivity index (χ1v) is 4.38. The SMILES string of the molecule is CC(c1ccccc1)[N+](O)(NN)C(=O)[O-]. The van der Waals surface area contributed by atoms with Gasteiger partial charge in [-0.3, -0.25) is 0 Å². The van der Waals surface area contributed by atoms with Crippen molar-refractivity contribution >= 4 is 6.09 Å². The summed E-state index contributed by atoms with van der Waals surface area (Å²) >= 11 is 0. The van der Waals surface area contributed by atoms with E-state index in [0.717, 1.165) is 0 Å². The summed E-state index contributed by atoms with van der Waals surface area (Å²) in [6.07, 6.45) is -1.71. The topological polar surface area (TPSA) is 98.4 Å². The van der Waals surface area contributed by atoms with Crippen molar-refractivity contribution < 1.29 is 19.9 Å². The molecule has 0 aliphatic rings. The highest BCUT2D eigenvalue weighted by Gasteiger charge is 2.36. The van der Waals surface area contributed by atoms with Crippen LogP contribution in [0.25, 0.3) is 0 Å². The molecule has 0 aliphatic heterocycles. The molecule has 15 heavy (non-hydrogen) atoms. The normalized spacial score (nSPS) is 16.7. The van der Waals surface area contributed by atoms with Crippen molar-refractivity contribution in [2.24, 2.45) is 5.84 Å². The number of hydrogen-bond donors (Lipinski definition) is 3. The number of carboxylic acid groups (broad SMARTS) is 1. The number of quaternary nitrogens is 1. The highest BCUT2D eigenvalue weighted by molar-refractivity contribution is 5.53. The summed E-state index contributed by atoms with van der Waals surface area (Å²) in [7, 11) is 0. The molecule has 0 saturated carbocycles. The van der Waals surface area contributed by atoms with Crippen molar-refractivity contribution in [2.75, 3.05) is 0 Å². The Morgan fingerprint density at radius 3 is 2.47 bits per heavy atom. The molecule has 4 N–H and O–H groups in total. The van der Waals surface area contributed by atoms with E-state index in [9.17, 15) is 15.1 Å². The van der Waals surface area contributed by atoms with E-state index in [0.29, 0.717) is 5.56 Å². The van der Waals surface area contributed by atoms with Crippen molar-refractivity contribution in [2.45, 2.75) is 13.0 Å². The smallest absolute Gasteiger partial charge is 0.314 e. The van der Waals surface area contributed by atoms with Crippen LogP contribution in [-0.2, 0) is 0 Å². The zero-order valence-corrected chi connectivity index (χ0v) is 8.25. The van der Waals surface area contributed by atoms with Crippen LogP contribution in [0.1, 0.15) is 18.5 Å². The monoisotopic (exact) mass is 211 g/mol. The first-order valence-electron chi connectivity index (χ1n) is 4.38. The largest absolute Gasteiger partial charge is 0.494 e. The zero-order valence-electron chi connectivity index (χ0n) is 8.25. The van der Waals surface area contributed by atoms with Gasteiger partial charge in [0, 0.05) is 5.56 Å². The van der Waals surface area contributed by atoms with Crippen LogP contribution >= 0.6 is 0 Å². The van der Waals surface area contributed by atoms with Crippen LogP contribution in [0.4, 0.5) is 4.79 Å². The molecule has 0 aromatic heterocycles. The van der Waals surface area contributed by atoms with Crippen LogP contribution < -0.4 is 16.5 Å². The second-order valence-corrected chi connectivity index (χ2v) is 3.17. The predicted octanol–water partition coefficient (Wildman–Crippen LogP) is -0.325. The summed E-state index contributed by atoms with van der Waals surface area (Å²) in [4.78, 5) is 10.7. The highest BCUT2D eigenvalue weighted by atomic mass is 16.7. The van der Waals surface area contributed by atoms with Crippen molar-refractivity contribution in [3.63, 3.8) is 0 Å². The van der Waals surface area contributed by atoms with Crippen molar-refractivity contribution in [3.05, 3.63) is 35.9 Å². The molecule has 2 unspecified atom stereocenters. The number of nitrogens with zero attached hydrogens (tertiary/aromatic N) is 1. The Bertz CT molecular complexity index is 344. The minimum atomic E-state index is -1.71. The van der Waals surface area contributed by atoms with Gasteiger partial charge in [0.25, 0.3) is 0 Å². The van der Waals surface area contributed by atoms with E-state index >= 15 is 0 Å². The molecule has 82 valence electrons. The number of nitrogens with one attached hydrogen (secondary N) is 1. The molecule has 2 atom stereocenters. The molecule has 1 aromatic rings. The lowest BCUT2D eigenvalue weighted by atomic mass is 10.1. The fourth-order valence-corrected chi connectivity index (χ4v) is 1.27. The lowest BCUT2D eigenvalue weighted by molar-refractivity contribution is -1.11. The van der Waals surface area contributed by atoms with E-state index in [-0.39, 0.29) is 0 Å². The Morgan fingerprint density at radius 2 is 2.07 bits per heavy atom. The number of hydrogen-bond acceptors (Lipinski definition) is 5. The van der Waals surface area contributed by atoms with Crippen molar-refractivity contribution in [3.8, 4) is 0 Å². The Kier molecular flexibility index (Phi) is 3.38. The van der Waals surface area contributed by atoms with Gasteiger partial charge in [0.2, 0.25) is 0 Å². The van der Waals surface area contributed by atoms with Crippen LogP contribution in [0.2, 0.25) is 0 Å². The van der Waals surface area contributed by atoms with Gasteiger partial charge in [0.15, 0.2) is 6.04 Å². The van der Waals surface area contributed by atoms with Crippen LogP contribution in [0.15, 0.2) is 30.3 Å². The van der Waals surface area contributed by atoms with Gasteiger partial charge in [-0.15, -0.1) is 0 Å². The minimum Gasteiger partial charge on any atom is -0.494 e. The van der Waals surface area contributed by atoms with E-state index in [1.165, 1.54) is 6.92 Å². The molecular formula is C9H13N3O3. The number of hydrazine groups is 1. The molecule has 0 heterocycles. The van der Waals surface area contributed by atoms with Crippen LogP contribution in [0, 0.1) is 0 Å². The number of carbonyl (C=O) groups excluding carboxylic acids is 1. The zero-order chi connectivity index (χ0) is 11.5. The van der Waals surface area contributed by atoms with E-state index in [1.54, 1.807) is 30.3 Å². The average molecular weight is 211 g/mol. The Balaban J connectivity index is 3.02. The maximum absolute atomic E-state index is 10.7. The maximum Gasteiger partial charge on any atom is 0.314 e. The van der Waals surface area contributed by atoms with E-state index in [4.69, 9.17) is 5.84 Å². The molecule has 6 nitrogen and oxygen atoms in total. The lowest BCUT2D eigenvalue weighted by Crippen LogP contribution is -2.67. The summed E-state index contributed by atoms with van der Waals surface area (Å²) in [6, 6.07) is 7.87. The third-order valence-corrected chi connectivity index (χ3v) is 2.32. The number of nitrogens with two attached hydrogens (primary N) is 1. The Hall–Kier alpha value is -1.47. The Morgan fingerprint density at radius 1 is 1.53 bits per heavy atom. The summed E-state index contributed by atoms with van der Waals surface area (Å²) < 4.78 is -1.57. The molecule has 6 heteroatoms. The van der Waals surface area contributed by atoms with Gasteiger partial charge >= 0.3 is 6.09 Å². The molecule has 0 fully saturated rings. The van der Waals surface area contributed by atoms with E-state index in [1.807, 2.05) is 5.53 Å². The molecule has 0 radical (unpaired) electrons. The number of hydroxylamine groups is 2. The van der Waals surface area contributed by atoms with Crippen molar-refractivity contribution in [1.82, 2.24) is 5.53 Å². The van der Waals surface area contributed by atoms with Crippen LogP contribution in [0.5, 0.6) is 0 Å². The standard InChI is InChI=1S/C9H13N3O3/c1-7(8-5-3-2-4-6-8)12(15,11-10)9(13)14/h2-7,11,15H,10H2,1H3. The Labute approximate surface area is 87.0 Å². The molecular weight excluding hydrogens is 198 g/mol. The van der Waals surface area contributed by atoms with Gasteiger partial charge in [0.1, 0.15) is 0 Å². The van der Waals surface area contributed by atoms with Crippen molar-refractivity contribution in [1.29, 1.82) is 0 Å². The van der Waals surface area contributed by atoms with Gasteiger partial charge in [-0.1, -0.05) is 35.9 Å². The molecule has 1 aromatic carbocycles. The third-order valence-electron chi connectivity index (χ3n) is 2.32. The lowest BCUT2D eigenvalue weighted by Gasteiger charge is -2.32. The van der Waals surface area contributed by atoms with E-state index < -0.39 is 16.9 Å². The highest BCUT2D eigenvalue weighted by Crippen LogP contribution is 2.22. The van der Waals surface area contributed by atoms with Gasteiger partial charge < -0.3 is 9.90 Å². The van der Waals surface area contributed by atoms with Gasteiger partial charge in [0.05, 0.1) is 0 Å². The molecule has 1 rings (SSSR count). The van der Waals surface area contributed by atoms with Crippen LogP contribution in [0.3, 0.4) is 0 Å². The molecule has 0 saturated heterocycles. The van der Waals surface area contributed by atoms with Crippen LogP contribution in [-0.4, -0.2) is 16.1 Å². The first-order chi connectivity index (χ1) is 7.02. The summed E-state index contributed by atoms with van der Waals surface area (Å²) in [5.74, 6) is 5.00.